The first-order chi connectivity index (χ1) is 15.1. The van der Waals surface area contributed by atoms with Gasteiger partial charge in [0, 0.05) is 17.0 Å². The SMILES string of the molecule is Cc1ccc2c(C)cc(=O)n(Cc3ccc(-c4ccccc4-c4nn[nH]n4)cc3)c2c1. The third kappa shape index (κ3) is 3.53. The largest absolute Gasteiger partial charge is 0.304 e. The van der Waals surface area contributed by atoms with Gasteiger partial charge in [-0.2, -0.15) is 5.21 Å². The van der Waals surface area contributed by atoms with E-state index in [0.717, 1.165) is 44.3 Å². The van der Waals surface area contributed by atoms with Crippen LogP contribution in [0.15, 0.2) is 77.6 Å². The molecule has 0 fully saturated rings. The highest BCUT2D eigenvalue weighted by atomic mass is 16.1. The highest BCUT2D eigenvalue weighted by Gasteiger charge is 2.11. The summed E-state index contributed by atoms with van der Waals surface area (Å²) in [5, 5.41) is 15.5. The van der Waals surface area contributed by atoms with Gasteiger partial charge >= 0.3 is 0 Å². The number of pyridine rings is 1. The minimum atomic E-state index is 0.0159. The zero-order chi connectivity index (χ0) is 21.4. The van der Waals surface area contributed by atoms with Crippen molar-refractivity contribution in [3.8, 4) is 22.5 Å². The van der Waals surface area contributed by atoms with Crippen molar-refractivity contribution in [3.63, 3.8) is 0 Å². The number of aryl methyl sites for hydroxylation is 2. The number of benzene rings is 3. The Balaban J connectivity index is 1.52. The molecule has 1 N–H and O–H groups in total. The molecule has 0 amide bonds. The fraction of sp³-hybridized carbons (Fsp3) is 0.120. The summed E-state index contributed by atoms with van der Waals surface area (Å²) in [4.78, 5) is 12.8. The van der Waals surface area contributed by atoms with E-state index in [1.807, 2.05) is 42.7 Å². The zero-order valence-electron chi connectivity index (χ0n) is 17.3. The minimum absolute atomic E-state index is 0.0159. The third-order valence-electron chi connectivity index (χ3n) is 5.59. The Bertz CT molecular complexity index is 1430. The maximum atomic E-state index is 12.8. The van der Waals surface area contributed by atoms with E-state index < -0.39 is 0 Å². The number of hydrogen-bond donors (Lipinski definition) is 1. The molecular formula is C25H21N5O. The van der Waals surface area contributed by atoms with Crippen LogP contribution in [0.1, 0.15) is 16.7 Å². The van der Waals surface area contributed by atoms with E-state index in [9.17, 15) is 4.79 Å². The van der Waals surface area contributed by atoms with Crippen molar-refractivity contribution >= 4 is 10.9 Å². The summed E-state index contributed by atoms with van der Waals surface area (Å²) in [5.41, 5.74) is 7.20. The van der Waals surface area contributed by atoms with E-state index in [1.54, 1.807) is 6.07 Å². The van der Waals surface area contributed by atoms with E-state index in [1.165, 1.54) is 0 Å². The topological polar surface area (TPSA) is 76.5 Å². The molecule has 0 unspecified atom stereocenters. The minimum Gasteiger partial charge on any atom is -0.304 e. The predicted molar refractivity (Wildman–Crippen MR) is 122 cm³/mol. The maximum absolute atomic E-state index is 12.8. The Morgan fingerprint density at radius 2 is 1.68 bits per heavy atom. The smallest absolute Gasteiger partial charge is 0.251 e. The molecule has 0 aliphatic rings. The van der Waals surface area contributed by atoms with Crippen molar-refractivity contribution < 1.29 is 0 Å². The van der Waals surface area contributed by atoms with E-state index in [-0.39, 0.29) is 5.56 Å². The average molecular weight is 407 g/mol. The van der Waals surface area contributed by atoms with Crippen molar-refractivity contribution in [2.75, 3.05) is 0 Å². The van der Waals surface area contributed by atoms with Gasteiger partial charge in [-0.05, 0) is 52.9 Å². The Labute approximate surface area is 179 Å². The normalized spacial score (nSPS) is 11.2. The summed E-state index contributed by atoms with van der Waals surface area (Å²) in [6.07, 6.45) is 0. The molecule has 6 heteroatoms. The fourth-order valence-electron chi connectivity index (χ4n) is 4.00. The average Bonchev–Trinajstić information content (AvgIpc) is 3.32. The summed E-state index contributed by atoms with van der Waals surface area (Å²) in [7, 11) is 0. The molecule has 0 spiro atoms. The number of hydrogen-bond acceptors (Lipinski definition) is 4. The molecule has 0 aliphatic heterocycles. The second-order valence-electron chi connectivity index (χ2n) is 7.75. The van der Waals surface area contributed by atoms with Crippen molar-refractivity contribution in [2.45, 2.75) is 20.4 Å². The lowest BCUT2D eigenvalue weighted by Gasteiger charge is -2.13. The zero-order valence-corrected chi connectivity index (χ0v) is 17.3. The third-order valence-corrected chi connectivity index (χ3v) is 5.59. The van der Waals surface area contributed by atoms with Crippen LogP contribution in [0.5, 0.6) is 0 Å². The summed E-state index contributed by atoms with van der Waals surface area (Å²) in [6, 6.07) is 24.2. The number of nitrogens with zero attached hydrogens (tertiary/aromatic N) is 4. The molecule has 0 saturated heterocycles. The van der Waals surface area contributed by atoms with E-state index in [0.29, 0.717) is 12.4 Å². The van der Waals surface area contributed by atoms with Crippen molar-refractivity contribution in [2.24, 2.45) is 0 Å². The van der Waals surface area contributed by atoms with Crippen LogP contribution >= 0.6 is 0 Å². The Morgan fingerprint density at radius 3 is 2.42 bits per heavy atom. The van der Waals surface area contributed by atoms with Crippen molar-refractivity contribution in [1.82, 2.24) is 25.2 Å². The molecule has 0 radical (unpaired) electrons. The molecule has 0 bridgehead atoms. The van der Waals surface area contributed by atoms with Crippen LogP contribution in [0.4, 0.5) is 0 Å². The van der Waals surface area contributed by atoms with Gasteiger partial charge in [0.1, 0.15) is 0 Å². The lowest BCUT2D eigenvalue weighted by atomic mass is 9.98. The van der Waals surface area contributed by atoms with Gasteiger partial charge in [0.15, 0.2) is 0 Å². The second kappa shape index (κ2) is 7.65. The molecule has 3 aromatic carbocycles. The van der Waals surface area contributed by atoms with Gasteiger partial charge in [-0.15, -0.1) is 10.2 Å². The first-order valence-corrected chi connectivity index (χ1v) is 10.1. The van der Waals surface area contributed by atoms with Crippen molar-refractivity contribution in [3.05, 3.63) is 99.8 Å². The molecule has 0 saturated carbocycles. The van der Waals surface area contributed by atoms with Gasteiger partial charge in [0.25, 0.3) is 5.56 Å². The van der Waals surface area contributed by atoms with Gasteiger partial charge in [-0.25, -0.2) is 0 Å². The number of nitrogens with one attached hydrogen (secondary N) is 1. The first-order valence-electron chi connectivity index (χ1n) is 10.1. The van der Waals surface area contributed by atoms with Crippen LogP contribution < -0.4 is 5.56 Å². The van der Waals surface area contributed by atoms with Crippen molar-refractivity contribution in [1.29, 1.82) is 0 Å². The molecule has 5 aromatic rings. The van der Waals surface area contributed by atoms with E-state index >= 15 is 0 Å². The van der Waals surface area contributed by atoms with Crippen LogP contribution in [0.3, 0.4) is 0 Å². The van der Waals surface area contributed by atoms with Crippen LogP contribution in [0.25, 0.3) is 33.4 Å². The highest BCUT2D eigenvalue weighted by molar-refractivity contribution is 5.83. The summed E-state index contributed by atoms with van der Waals surface area (Å²) in [6.45, 7) is 4.55. The number of aromatic nitrogens is 5. The van der Waals surface area contributed by atoms with Gasteiger partial charge in [-0.1, -0.05) is 60.7 Å². The maximum Gasteiger partial charge on any atom is 0.251 e. The second-order valence-corrected chi connectivity index (χ2v) is 7.75. The van der Waals surface area contributed by atoms with E-state index in [2.05, 4.69) is 63.1 Å². The molecule has 0 aliphatic carbocycles. The van der Waals surface area contributed by atoms with Gasteiger partial charge in [-0.3, -0.25) is 4.79 Å². The van der Waals surface area contributed by atoms with Crippen LogP contribution in [-0.4, -0.2) is 25.2 Å². The lowest BCUT2D eigenvalue weighted by Crippen LogP contribution is -2.21. The number of rotatable bonds is 4. The Morgan fingerprint density at radius 1 is 0.903 bits per heavy atom. The summed E-state index contributed by atoms with van der Waals surface area (Å²) >= 11 is 0. The standard InChI is InChI=1S/C25H21N5O/c1-16-7-12-20-17(2)14-24(31)30(23(20)13-16)15-18-8-10-19(11-9-18)21-5-3-4-6-22(21)25-26-28-29-27-25/h3-14H,15H2,1-2H3,(H,26,27,28,29). The molecule has 2 aromatic heterocycles. The van der Waals surface area contributed by atoms with Gasteiger partial charge in [0.05, 0.1) is 12.1 Å². The van der Waals surface area contributed by atoms with Crippen LogP contribution in [0.2, 0.25) is 0 Å². The highest BCUT2D eigenvalue weighted by Crippen LogP contribution is 2.30. The first kappa shape index (κ1) is 18.9. The number of aromatic amines is 1. The van der Waals surface area contributed by atoms with Crippen LogP contribution in [0, 0.1) is 13.8 Å². The Hall–Kier alpha value is -4.06. The molecular weight excluding hydrogens is 386 g/mol. The molecule has 6 nitrogen and oxygen atoms in total. The lowest BCUT2D eigenvalue weighted by molar-refractivity contribution is 0.793. The molecule has 2 heterocycles. The number of fused-ring (bicyclic) bond motifs is 1. The quantitative estimate of drug-likeness (QED) is 0.475. The van der Waals surface area contributed by atoms with Crippen LogP contribution in [-0.2, 0) is 6.54 Å². The summed E-state index contributed by atoms with van der Waals surface area (Å²) in [5.74, 6) is 0.563. The summed E-state index contributed by atoms with van der Waals surface area (Å²) < 4.78 is 1.84. The molecule has 5 rings (SSSR count). The number of tetrazole rings is 1. The van der Waals surface area contributed by atoms with E-state index in [4.69, 9.17) is 0 Å². The monoisotopic (exact) mass is 407 g/mol. The molecule has 31 heavy (non-hydrogen) atoms. The predicted octanol–water partition coefficient (Wildman–Crippen LogP) is 4.51. The fourth-order valence-corrected chi connectivity index (χ4v) is 4.00. The number of H-pyrrole nitrogens is 1. The molecule has 0 atom stereocenters. The molecule has 152 valence electrons. The van der Waals surface area contributed by atoms with Gasteiger partial charge in [0.2, 0.25) is 5.82 Å². The Kier molecular flexibility index (Phi) is 4.67. The van der Waals surface area contributed by atoms with Gasteiger partial charge < -0.3 is 4.57 Å².